The van der Waals surface area contributed by atoms with Gasteiger partial charge in [0, 0.05) is 31.7 Å². The predicted octanol–water partition coefficient (Wildman–Crippen LogP) is 0.830. The van der Waals surface area contributed by atoms with Gasteiger partial charge in [0.1, 0.15) is 16.5 Å². The first-order valence-electron chi connectivity index (χ1n) is 11.4. The van der Waals surface area contributed by atoms with Crippen LogP contribution in [0, 0.1) is 6.92 Å². The number of carboxylic acids is 1. The molecule has 0 spiro atoms. The summed E-state index contributed by atoms with van der Waals surface area (Å²) in [4.78, 5) is 41.4. The Morgan fingerprint density at radius 1 is 1.19 bits per heavy atom. The monoisotopic (exact) mass is 544 g/mol. The Morgan fingerprint density at radius 2 is 1.92 bits per heavy atom. The second-order valence-corrected chi connectivity index (χ2v) is 11.2. The van der Waals surface area contributed by atoms with Crippen molar-refractivity contribution in [3.05, 3.63) is 46.0 Å². The third-order valence-corrected chi connectivity index (χ3v) is 8.06. The molecule has 1 amide bonds. The molecule has 2 aromatic heterocycles. The van der Waals surface area contributed by atoms with E-state index in [2.05, 4.69) is 20.5 Å². The molecule has 1 fully saturated rings. The highest BCUT2D eigenvalue weighted by Crippen LogP contribution is 2.36. The number of nitrogens with zero attached hydrogens (tertiary/aromatic N) is 5. The second kappa shape index (κ2) is 9.57. The third-order valence-electron chi connectivity index (χ3n) is 6.07. The first-order chi connectivity index (χ1) is 17.6. The van der Waals surface area contributed by atoms with Crippen LogP contribution in [0.25, 0.3) is 0 Å². The van der Waals surface area contributed by atoms with E-state index in [1.165, 1.54) is 12.1 Å². The van der Waals surface area contributed by atoms with Crippen molar-refractivity contribution in [2.24, 2.45) is 5.14 Å². The standard InChI is InChI=1S/C22H24N8O5S2/c1-12-17(20(32)33)36-22(25-12)28-21-26-18-15(19(27-21)30-9-7-24-16(31)11-30)6-8-29(18)10-13-2-4-14(5-3-13)37(23,34)35/h2-5H,6-11H2,1H3,(H,24,31)(H,32,33)(H2,23,34,35)(H,25,26,27,28). The summed E-state index contributed by atoms with van der Waals surface area (Å²) in [6, 6.07) is 6.36. The first-order valence-corrected chi connectivity index (χ1v) is 13.7. The van der Waals surface area contributed by atoms with E-state index in [0.717, 1.165) is 22.5 Å². The molecule has 0 radical (unpaired) electrons. The first kappa shape index (κ1) is 24.9. The van der Waals surface area contributed by atoms with Crippen LogP contribution in [0.2, 0.25) is 0 Å². The van der Waals surface area contributed by atoms with Gasteiger partial charge >= 0.3 is 5.97 Å². The number of nitrogens with one attached hydrogen (secondary N) is 2. The number of piperazine rings is 1. The second-order valence-electron chi connectivity index (χ2n) is 8.67. The molecule has 1 saturated heterocycles. The maximum atomic E-state index is 12.1. The van der Waals surface area contributed by atoms with Gasteiger partial charge in [0.2, 0.25) is 21.9 Å². The Kier molecular flexibility index (Phi) is 6.43. The number of rotatable bonds is 7. The van der Waals surface area contributed by atoms with Crippen molar-refractivity contribution in [3.8, 4) is 0 Å². The van der Waals surface area contributed by atoms with Gasteiger partial charge in [0.15, 0.2) is 5.13 Å². The predicted molar refractivity (Wildman–Crippen MR) is 137 cm³/mol. The number of sulfonamides is 1. The molecule has 0 bridgehead atoms. The summed E-state index contributed by atoms with van der Waals surface area (Å²) in [5.74, 6) is 0.404. The van der Waals surface area contributed by atoms with Crippen LogP contribution in [-0.4, -0.2) is 66.5 Å². The fourth-order valence-corrected chi connectivity index (χ4v) is 5.65. The van der Waals surface area contributed by atoms with Gasteiger partial charge in [-0.25, -0.2) is 23.3 Å². The van der Waals surface area contributed by atoms with Crippen LogP contribution in [0.3, 0.4) is 0 Å². The SMILES string of the molecule is Cc1nc(Nc2nc(N3CCNC(=O)C3)c3c(n2)N(Cc2ccc(S(N)(=O)=O)cc2)CC3)sc1C(=O)O. The molecule has 37 heavy (non-hydrogen) atoms. The molecule has 194 valence electrons. The van der Waals surface area contributed by atoms with Gasteiger partial charge in [0.05, 0.1) is 17.1 Å². The number of benzene rings is 1. The lowest BCUT2D eigenvalue weighted by Gasteiger charge is -2.29. The minimum absolute atomic E-state index is 0.0389. The molecule has 2 aliphatic heterocycles. The molecule has 0 atom stereocenters. The number of carboxylic acid groups (broad SMARTS) is 1. The summed E-state index contributed by atoms with van der Waals surface area (Å²) in [6.45, 7) is 3.98. The molecule has 2 aliphatic rings. The fraction of sp³-hybridized carbons (Fsp3) is 0.318. The zero-order valence-corrected chi connectivity index (χ0v) is 21.4. The molecule has 0 unspecified atom stereocenters. The van der Waals surface area contributed by atoms with E-state index in [4.69, 9.17) is 15.1 Å². The van der Waals surface area contributed by atoms with Gasteiger partial charge in [-0.05, 0) is 31.0 Å². The number of nitrogens with two attached hydrogens (primary N) is 1. The molecular formula is C22H24N8O5S2. The summed E-state index contributed by atoms with van der Waals surface area (Å²) < 4.78 is 23.2. The number of carbonyl (C=O) groups excluding carboxylic acids is 1. The van der Waals surface area contributed by atoms with Crippen LogP contribution in [-0.2, 0) is 27.8 Å². The van der Waals surface area contributed by atoms with Gasteiger partial charge < -0.3 is 20.2 Å². The Balaban J connectivity index is 1.49. The largest absolute Gasteiger partial charge is 0.477 e. The maximum Gasteiger partial charge on any atom is 0.347 e. The quantitative estimate of drug-likeness (QED) is 0.330. The number of fused-ring (bicyclic) bond motifs is 1. The van der Waals surface area contributed by atoms with E-state index < -0.39 is 16.0 Å². The molecule has 13 nitrogen and oxygen atoms in total. The Hall–Kier alpha value is -3.82. The van der Waals surface area contributed by atoms with Gasteiger partial charge in [-0.2, -0.15) is 9.97 Å². The highest BCUT2D eigenvalue weighted by Gasteiger charge is 2.30. The van der Waals surface area contributed by atoms with Gasteiger partial charge in [-0.3, -0.25) is 10.1 Å². The Bertz CT molecular complexity index is 1490. The highest BCUT2D eigenvalue weighted by molar-refractivity contribution is 7.89. The van der Waals surface area contributed by atoms with Crippen molar-refractivity contribution in [2.45, 2.75) is 24.8 Å². The zero-order chi connectivity index (χ0) is 26.3. The van der Waals surface area contributed by atoms with Gasteiger partial charge in [-0.15, -0.1) is 0 Å². The van der Waals surface area contributed by atoms with E-state index in [1.807, 2.05) is 4.90 Å². The molecule has 15 heteroatoms. The van der Waals surface area contributed by atoms with Crippen molar-refractivity contribution < 1.29 is 23.1 Å². The van der Waals surface area contributed by atoms with Crippen molar-refractivity contribution in [1.29, 1.82) is 0 Å². The summed E-state index contributed by atoms with van der Waals surface area (Å²) in [5.41, 5.74) is 2.16. The Morgan fingerprint density at radius 3 is 2.57 bits per heavy atom. The number of aromatic nitrogens is 3. The summed E-state index contributed by atoms with van der Waals surface area (Å²) >= 11 is 0.992. The number of amides is 1. The van der Waals surface area contributed by atoms with Crippen LogP contribution < -0.4 is 25.6 Å². The van der Waals surface area contributed by atoms with Gasteiger partial charge in [0.25, 0.3) is 0 Å². The van der Waals surface area contributed by atoms with Crippen molar-refractivity contribution in [3.63, 3.8) is 0 Å². The number of primary sulfonamides is 1. The highest BCUT2D eigenvalue weighted by atomic mass is 32.2. The normalized spacial score (nSPS) is 15.5. The number of thiazole rings is 1. The molecular weight excluding hydrogens is 520 g/mol. The molecule has 5 N–H and O–H groups in total. The van der Waals surface area contributed by atoms with Crippen molar-refractivity contribution in [1.82, 2.24) is 20.3 Å². The lowest BCUT2D eigenvalue weighted by Crippen LogP contribution is -2.48. The lowest BCUT2D eigenvalue weighted by atomic mass is 10.2. The van der Waals surface area contributed by atoms with Crippen LogP contribution in [0.15, 0.2) is 29.2 Å². The molecule has 5 rings (SSSR count). The number of aromatic carboxylic acids is 1. The molecule has 0 saturated carbocycles. The van der Waals surface area contributed by atoms with Crippen molar-refractivity contribution >= 4 is 56.0 Å². The molecule has 0 aliphatic carbocycles. The smallest absolute Gasteiger partial charge is 0.347 e. The van der Waals surface area contributed by atoms with E-state index in [1.54, 1.807) is 19.1 Å². The minimum Gasteiger partial charge on any atom is -0.477 e. The van der Waals surface area contributed by atoms with Crippen LogP contribution in [0.1, 0.15) is 26.5 Å². The number of hydrogen-bond donors (Lipinski definition) is 4. The number of carbonyl (C=O) groups is 2. The van der Waals surface area contributed by atoms with Crippen molar-refractivity contribution in [2.75, 3.05) is 41.3 Å². The third kappa shape index (κ3) is 5.19. The van der Waals surface area contributed by atoms with E-state index >= 15 is 0 Å². The average Bonchev–Trinajstić information content (AvgIpc) is 3.41. The fourth-order valence-electron chi connectivity index (χ4n) is 4.34. The molecule has 1 aromatic carbocycles. The summed E-state index contributed by atoms with van der Waals surface area (Å²) in [6.07, 6.45) is 0.665. The molecule has 3 aromatic rings. The molecule has 4 heterocycles. The number of anilines is 4. The maximum absolute atomic E-state index is 12.1. The topological polar surface area (TPSA) is 184 Å². The summed E-state index contributed by atoms with van der Waals surface area (Å²) in [7, 11) is -3.78. The Labute approximate surface area is 216 Å². The summed E-state index contributed by atoms with van der Waals surface area (Å²) in [5, 5.41) is 20.8. The number of hydrogen-bond acceptors (Lipinski definition) is 11. The lowest BCUT2D eigenvalue weighted by molar-refractivity contribution is -0.120. The van der Waals surface area contributed by atoms with E-state index in [9.17, 15) is 23.1 Å². The zero-order valence-electron chi connectivity index (χ0n) is 19.8. The van der Waals surface area contributed by atoms with Crippen LogP contribution in [0.5, 0.6) is 0 Å². The number of aryl methyl sites for hydroxylation is 1. The van der Waals surface area contributed by atoms with E-state index in [-0.39, 0.29) is 28.2 Å². The average molecular weight is 545 g/mol. The van der Waals surface area contributed by atoms with Crippen LogP contribution >= 0.6 is 11.3 Å². The van der Waals surface area contributed by atoms with Crippen LogP contribution in [0.4, 0.5) is 22.7 Å². The van der Waals surface area contributed by atoms with Gasteiger partial charge in [-0.1, -0.05) is 23.5 Å². The van der Waals surface area contributed by atoms with E-state index in [0.29, 0.717) is 55.1 Å². The minimum atomic E-state index is -3.78.